The maximum Gasteiger partial charge on any atom is 0.338 e. The zero-order chi connectivity index (χ0) is 11.5. The smallest absolute Gasteiger partial charge is 0.338 e. The highest BCUT2D eigenvalue weighted by Crippen LogP contribution is 2.22. The van der Waals surface area contributed by atoms with Crippen LogP contribution in [-0.2, 0) is 4.74 Å². The van der Waals surface area contributed by atoms with Gasteiger partial charge < -0.3 is 4.74 Å². The number of fused-ring (bicyclic) bond motifs is 1. The number of esters is 1. The van der Waals surface area contributed by atoms with Crippen molar-refractivity contribution in [3.63, 3.8) is 0 Å². The number of benzene rings is 2. The minimum atomic E-state index is -0.388. The molecule has 0 amide bonds. The number of rotatable bonds is 1. The molecule has 0 bridgehead atoms. The van der Waals surface area contributed by atoms with Crippen molar-refractivity contribution in [3.8, 4) is 6.07 Å². The molecule has 0 aliphatic carbocycles. The third kappa shape index (κ3) is 1.51. The summed E-state index contributed by atoms with van der Waals surface area (Å²) in [4.78, 5) is 11.5. The highest BCUT2D eigenvalue weighted by molar-refractivity contribution is 6.05. The third-order valence-electron chi connectivity index (χ3n) is 2.45. The van der Waals surface area contributed by atoms with Crippen molar-refractivity contribution in [2.75, 3.05) is 7.11 Å². The molecule has 0 aliphatic rings. The minimum Gasteiger partial charge on any atom is -0.465 e. The van der Waals surface area contributed by atoms with E-state index in [0.29, 0.717) is 11.1 Å². The van der Waals surface area contributed by atoms with Crippen LogP contribution in [-0.4, -0.2) is 13.1 Å². The minimum absolute atomic E-state index is 0.388. The number of nitriles is 1. The van der Waals surface area contributed by atoms with E-state index in [4.69, 9.17) is 10.00 Å². The number of hydrogen-bond acceptors (Lipinski definition) is 3. The Morgan fingerprint density at radius 1 is 1.19 bits per heavy atom. The van der Waals surface area contributed by atoms with Crippen LogP contribution in [0.15, 0.2) is 36.4 Å². The third-order valence-corrected chi connectivity index (χ3v) is 2.45. The molecule has 0 radical (unpaired) electrons. The van der Waals surface area contributed by atoms with E-state index in [1.54, 1.807) is 24.3 Å². The molecule has 3 nitrogen and oxygen atoms in total. The molecule has 0 N–H and O–H groups in total. The summed E-state index contributed by atoms with van der Waals surface area (Å²) in [6, 6.07) is 12.6. The molecule has 2 aromatic carbocycles. The van der Waals surface area contributed by atoms with Crippen molar-refractivity contribution in [2.24, 2.45) is 0 Å². The molecule has 0 saturated heterocycles. The van der Waals surface area contributed by atoms with Crippen LogP contribution in [0.3, 0.4) is 0 Å². The van der Waals surface area contributed by atoms with Crippen LogP contribution in [0, 0.1) is 11.3 Å². The average molecular weight is 211 g/mol. The fourth-order valence-corrected chi connectivity index (χ4v) is 1.70. The SMILES string of the molecule is COC(=O)c1cccc2c(C#N)cccc12. The Hall–Kier alpha value is -2.34. The summed E-state index contributed by atoms with van der Waals surface area (Å²) in [6.45, 7) is 0. The highest BCUT2D eigenvalue weighted by atomic mass is 16.5. The number of methoxy groups -OCH3 is 1. The lowest BCUT2D eigenvalue weighted by molar-refractivity contribution is 0.0603. The topological polar surface area (TPSA) is 50.1 Å². The zero-order valence-corrected chi connectivity index (χ0v) is 8.73. The molecule has 0 unspecified atom stereocenters. The van der Waals surface area contributed by atoms with Crippen LogP contribution < -0.4 is 0 Å². The fourth-order valence-electron chi connectivity index (χ4n) is 1.70. The van der Waals surface area contributed by atoms with Gasteiger partial charge in [0.25, 0.3) is 0 Å². The van der Waals surface area contributed by atoms with Crippen LogP contribution in [0.2, 0.25) is 0 Å². The molecular weight excluding hydrogens is 202 g/mol. The molecule has 0 spiro atoms. The zero-order valence-electron chi connectivity index (χ0n) is 8.73. The first-order valence-corrected chi connectivity index (χ1v) is 4.78. The van der Waals surface area contributed by atoms with Crippen LogP contribution in [0.4, 0.5) is 0 Å². The summed E-state index contributed by atoms with van der Waals surface area (Å²) in [6.07, 6.45) is 0. The van der Waals surface area contributed by atoms with Crippen LogP contribution in [0.1, 0.15) is 15.9 Å². The summed E-state index contributed by atoms with van der Waals surface area (Å²) >= 11 is 0. The maximum absolute atomic E-state index is 11.5. The van der Waals surface area contributed by atoms with Crippen LogP contribution >= 0.6 is 0 Å². The first-order chi connectivity index (χ1) is 7.77. The second-order valence-electron chi connectivity index (χ2n) is 3.31. The van der Waals surface area contributed by atoms with Gasteiger partial charge in [-0.3, -0.25) is 0 Å². The Labute approximate surface area is 92.9 Å². The molecule has 0 heterocycles. The normalized spacial score (nSPS) is 9.75. The van der Waals surface area contributed by atoms with E-state index >= 15 is 0 Å². The number of nitrogens with zero attached hydrogens (tertiary/aromatic N) is 1. The Kier molecular flexibility index (Phi) is 2.57. The summed E-state index contributed by atoms with van der Waals surface area (Å²) in [7, 11) is 1.34. The molecule has 0 fully saturated rings. The Morgan fingerprint density at radius 3 is 2.56 bits per heavy atom. The summed E-state index contributed by atoms with van der Waals surface area (Å²) in [5.74, 6) is -0.388. The van der Waals surface area contributed by atoms with E-state index in [0.717, 1.165) is 10.8 Å². The van der Waals surface area contributed by atoms with Gasteiger partial charge in [0, 0.05) is 5.39 Å². The first kappa shape index (κ1) is 10.2. The van der Waals surface area contributed by atoms with Gasteiger partial charge in [-0.25, -0.2) is 4.79 Å². The Bertz CT molecular complexity index is 596. The van der Waals surface area contributed by atoms with Crippen molar-refractivity contribution >= 4 is 16.7 Å². The lowest BCUT2D eigenvalue weighted by Gasteiger charge is -2.05. The van der Waals surface area contributed by atoms with E-state index < -0.39 is 0 Å². The predicted molar refractivity (Wildman–Crippen MR) is 60.0 cm³/mol. The quantitative estimate of drug-likeness (QED) is 0.681. The highest BCUT2D eigenvalue weighted by Gasteiger charge is 2.10. The van der Waals surface area contributed by atoms with Gasteiger partial charge >= 0.3 is 5.97 Å². The fraction of sp³-hybridized carbons (Fsp3) is 0.0769. The van der Waals surface area contributed by atoms with Gasteiger partial charge in [-0.1, -0.05) is 24.3 Å². The lowest BCUT2D eigenvalue weighted by atomic mass is 10.0. The first-order valence-electron chi connectivity index (χ1n) is 4.78. The molecule has 2 rings (SSSR count). The largest absolute Gasteiger partial charge is 0.465 e. The lowest BCUT2D eigenvalue weighted by Crippen LogP contribution is -2.01. The summed E-state index contributed by atoms with van der Waals surface area (Å²) in [5, 5.41) is 10.5. The second kappa shape index (κ2) is 4.03. The molecule has 16 heavy (non-hydrogen) atoms. The number of hydrogen-bond donors (Lipinski definition) is 0. The summed E-state index contributed by atoms with van der Waals surface area (Å²) < 4.78 is 4.70. The van der Waals surface area contributed by atoms with Crippen LogP contribution in [0.5, 0.6) is 0 Å². The molecule has 2 aromatic rings. The predicted octanol–water partition coefficient (Wildman–Crippen LogP) is 2.50. The van der Waals surface area contributed by atoms with E-state index in [1.165, 1.54) is 7.11 Å². The molecule has 0 aromatic heterocycles. The van der Waals surface area contributed by atoms with Crippen molar-refractivity contribution in [1.29, 1.82) is 5.26 Å². The molecule has 0 aliphatic heterocycles. The maximum atomic E-state index is 11.5. The van der Waals surface area contributed by atoms with Gasteiger partial charge in [-0.15, -0.1) is 0 Å². The molecular formula is C13H9NO2. The van der Waals surface area contributed by atoms with Gasteiger partial charge in [0.1, 0.15) is 0 Å². The van der Waals surface area contributed by atoms with Crippen LogP contribution in [0.25, 0.3) is 10.8 Å². The van der Waals surface area contributed by atoms with Gasteiger partial charge in [-0.2, -0.15) is 5.26 Å². The Balaban J connectivity index is 2.80. The van der Waals surface area contributed by atoms with E-state index in [-0.39, 0.29) is 5.97 Å². The van der Waals surface area contributed by atoms with Gasteiger partial charge in [0.15, 0.2) is 0 Å². The number of carbonyl (C=O) groups is 1. The van der Waals surface area contributed by atoms with E-state index in [1.807, 2.05) is 12.1 Å². The molecule has 0 saturated carbocycles. The van der Waals surface area contributed by atoms with E-state index in [2.05, 4.69) is 6.07 Å². The monoisotopic (exact) mass is 211 g/mol. The molecule has 3 heteroatoms. The van der Waals surface area contributed by atoms with Gasteiger partial charge in [0.2, 0.25) is 0 Å². The number of carbonyl (C=O) groups excluding carboxylic acids is 1. The van der Waals surface area contributed by atoms with Crippen molar-refractivity contribution < 1.29 is 9.53 Å². The number of ether oxygens (including phenoxy) is 1. The van der Waals surface area contributed by atoms with Gasteiger partial charge in [0.05, 0.1) is 24.3 Å². The van der Waals surface area contributed by atoms with Gasteiger partial charge in [-0.05, 0) is 17.5 Å². The molecule has 78 valence electrons. The van der Waals surface area contributed by atoms with Crippen molar-refractivity contribution in [1.82, 2.24) is 0 Å². The van der Waals surface area contributed by atoms with E-state index in [9.17, 15) is 4.79 Å². The summed E-state index contributed by atoms with van der Waals surface area (Å²) in [5.41, 5.74) is 1.04. The standard InChI is InChI=1S/C13H9NO2/c1-16-13(15)12-7-3-5-10-9(8-14)4-2-6-11(10)12/h2-7H,1H3. The van der Waals surface area contributed by atoms with Crippen molar-refractivity contribution in [3.05, 3.63) is 47.5 Å². The van der Waals surface area contributed by atoms with Crippen molar-refractivity contribution in [2.45, 2.75) is 0 Å². The Morgan fingerprint density at radius 2 is 1.88 bits per heavy atom. The average Bonchev–Trinajstić information content (AvgIpc) is 2.36. The molecule has 0 atom stereocenters. The second-order valence-corrected chi connectivity index (χ2v) is 3.31.